The number of methoxy groups -OCH3 is 1. The van der Waals surface area contributed by atoms with Crippen LogP contribution in [0.1, 0.15) is 71.1 Å². The molecule has 212 valence electrons. The minimum Gasteiger partial charge on any atom is -0.507 e. The summed E-state index contributed by atoms with van der Waals surface area (Å²) in [6.07, 6.45) is -3.48. The summed E-state index contributed by atoms with van der Waals surface area (Å²) in [7, 11) is 1.28. The van der Waals surface area contributed by atoms with Crippen LogP contribution >= 0.6 is 0 Å². The molecule has 1 amide bonds. The lowest BCUT2D eigenvalue weighted by molar-refractivity contribution is -0.140. The molecule has 2 aliphatic rings. The first-order chi connectivity index (χ1) is 19.3. The second-order valence-electron chi connectivity index (χ2n) is 9.66. The molecule has 8 N–H and O–H groups in total. The normalized spacial score (nSPS) is 17.6. The summed E-state index contributed by atoms with van der Waals surface area (Å²) in [5.74, 6) is -6.57. The number of fused-ring (bicyclic) bond motifs is 5. The van der Waals surface area contributed by atoms with Gasteiger partial charge in [-0.15, -0.1) is 0 Å². The van der Waals surface area contributed by atoms with E-state index in [-0.39, 0.29) is 50.3 Å². The molecule has 3 atom stereocenters. The Morgan fingerprint density at radius 2 is 1.44 bits per heavy atom. The van der Waals surface area contributed by atoms with Gasteiger partial charge in [-0.2, -0.15) is 0 Å². The van der Waals surface area contributed by atoms with Crippen LogP contribution in [0.4, 0.5) is 0 Å². The molecular formula is C28H23NO12. The van der Waals surface area contributed by atoms with Gasteiger partial charge in [0.2, 0.25) is 0 Å². The maximum absolute atomic E-state index is 13.6. The minimum absolute atomic E-state index is 0.0516. The number of ether oxygens (including phenoxy) is 1. The first-order valence-corrected chi connectivity index (χ1v) is 12.1. The molecule has 3 aromatic carbocycles. The molecule has 0 heterocycles. The largest absolute Gasteiger partial charge is 0.507 e. The van der Waals surface area contributed by atoms with Crippen LogP contribution < -0.4 is 10.1 Å². The Morgan fingerprint density at radius 3 is 2.02 bits per heavy atom. The van der Waals surface area contributed by atoms with E-state index in [1.165, 1.54) is 26.2 Å². The summed E-state index contributed by atoms with van der Waals surface area (Å²) in [6, 6.07) is 2.90. The standard InChI is InChI=1S/C28H23NO12/c1-8-3-10-18(25(36)16(8)27(38)29-14(7-30)28(39)40)19-12(24(35)23(10)34)6-13-20(26(19)37)22(33)11-4-9(41-2)5-15(31)17(11)21(13)32/h3-6,14,23-24,30-31,34-37H,7H2,1-2H3,(H,29,38)(H,39,40). The van der Waals surface area contributed by atoms with Crippen LogP contribution in [-0.2, 0) is 4.79 Å². The molecule has 0 aliphatic heterocycles. The number of aliphatic hydroxyl groups excluding tert-OH is 3. The molecule has 0 radical (unpaired) electrons. The molecule has 13 heteroatoms. The molecular weight excluding hydrogens is 542 g/mol. The summed E-state index contributed by atoms with van der Waals surface area (Å²) in [4.78, 5) is 51.3. The van der Waals surface area contributed by atoms with Crippen molar-refractivity contribution in [1.29, 1.82) is 0 Å². The number of aromatic hydroxyl groups is 3. The van der Waals surface area contributed by atoms with E-state index in [0.717, 1.165) is 12.1 Å². The van der Waals surface area contributed by atoms with Crippen molar-refractivity contribution >= 4 is 23.4 Å². The summed E-state index contributed by atoms with van der Waals surface area (Å²) < 4.78 is 5.07. The van der Waals surface area contributed by atoms with E-state index >= 15 is 0 Å². The van der Waals surface area contributed by atoms with E-state index in [9.17, 15) is 54.9 Å². The van der Waals surface area contributed by atoms with Crippen molar-refractivity contribution in [3.63, 3.8) is 0 Å². The Hall–Kier alpha value is -4.98. The lowest BCUT2D eigenvalue weighted by Gasteiger charge is -2.33. The van der Waals surface area contributed by atoms with Gasteiger partial charge in [-0.3, -0.25) is 14.4 Å². The SMILES string of the molecule is COc1cc(O)c2c(c1)C(=O)c1c(cc3c(c1O)-c1c(cc(C)c(C(=O)NC(CO)C(=O)O)c1O)C(O)C3O)C2=O. The Balaban J connectivity index is 1.78. The van der Waals surface area contributed by atoms with Gasteiger partial charge >= 0.3 is 5.97 Å². The Kier molecular flexibility index (Phi) is 6.45. The van der Waals surface area contributed by atoms with Crippen LogP contribution in [0, 0.1) is 6.92 Å². The van der Waals surface area contributed by atoms with E-state index in [2.05, 4.69) is 5.32 Å². The third-order valence-corrected chi connectivity index (χ3v) is 7.33. The first kappa shape index (κ1) is 27.6. The van der Waals surface area contributed by atoms with Gasteiger partial charge in [-0.1, -0.05) is 6.07 Å². The predicted molar refractivity (Wildman–Crippen MR) is 137 cm³/mol. The Morgan fingerprint density at radius 1 is 0.878 bits per heavy atom. The minimum atomic E-state index is -1.76. The number of benzene rings is 3. The fourth-order valence-corrected chi connectivity index (χ4v) is 5.36. The number of ketones is 2. The number of carboxylic acid groups (broad SMARTS) is 1. The van der Waals surface area contributed by atoms with Crippen molar-refractivity contribution in [2.45, 2.75) is 25.2 Å². The van der Waals surface area contributed by atoms with Gasteiger partial charge in [0.05, 0.1) is 30.4 Å². The van der Waals surface area contributed by atoms with E-state index in [4.69, 9.17) is 4.74 Å². The van der Waals surface area contributed by atoms with Gasteiger partial charge < -0.3 is 45.8 Å². The number of carbonyl (C=O) groups excluding carboxylic acids is 3. The highest BCUT2D eigenvalue weighted by atomic mass is 16.5. The van der Waals surface area contributed by atoms with Crippen LogP contribution in [0.15, 0.2) is 24.3 Å². The van der Waals surface area contributed by atoms with Crippen molar-refractivity contribution in [3.05, 3.63) is 68.8 Å². The van der Waals surface area contributed by atoms with E-state index in [1.807, 2.05) is 0 Å². The van der Waals surface area contributed by atoms with Crippen LogP contribution in [0.25, 0.3) is 11.1 Å². The second-order valence-corrected chi connectivity index (χ2v) is 9.66. The third-order valence-electron chi connectivity index (χ3n) is 7.33. The molecule has 0 aromatic heterocycles. The number of hydrogen-bond donors (Lipinski definition) is 8. The highest BCUT2D eigenvalue weighted by Gasteiger charge is 2.43. The molecule has 5 rings (SSSR count). The van der Waals surface area contributed by atoms with Gasteiger partial charge in [0.15, 0.2) is 17.6 Å². The molecule has 0 saturated carbocycles. The number of rotatable bonds is 5. The number of amides is 1. The molecule has 0 bridgehead atoms. The Bertz CT molecular complexity index is 1710. The third kappa shape index (κ3) is 3.89. The summed E-state index contributed by atoms with van der Waals surface area (Å²) >= 11 is 0. The topological polar surface area (TPSA) is 231 Å². The van der Waals surface area contributed by atoms with Crippen LogP contribution in [-0.4, -0.2) is 78.9 Å². The number of phenols is 3. The zero-order valence-corrected chi connectivity index (χ0v) is 21.4. The quantitative estimate of drug-likeness (QED) is 0.168. The van der Waals surface area contributed by atoms with Crippen molar-refractivity contribution in [1.82, 2.24) is 5.32 Å². The van der Waals surface area contributed by atoms with Crippen LogP contribution in [0.3, 0.4) is 0 Å². The predicted octanol–water partition coefficient (Wildman–Crippen LogP) is 0.819. The summed E-state index contributed by atoms with van der Waals surface area (Å²) in [5, 5.41) is 75.6. The maximum atomic E-state index is 13.6. The maximum Gasteiger partial charge on any atom is 0.328 e. The first-order valence-electron chi connectivity index (χ1n) is 12.1. The summed E-state index contributed by atoms with van der Waals surface area (Å²) in [6.45, 7) is 0.411. The number of aliphatic carboxylic acids is 1. The van der Waals surface area contributed by atoms with E-state index in [0.29, 0.717) is 0 Å². The number of carboxylic acids is 1. The fraction of sp³-hybridized carbons (Fsp3) is 0.214. The lowest BCUT2D eigenvalue weighted by atomic mass is 9.74. The highest BCUT2D eigenvalue weighted by Crippen LogP contribution is 2.55. The monoisotopic (exact) mass is 565 g/mol. The molecule has 3 unspecified atom stereocenters. The number of carbonyl (C=O) groups is 4. The van der Waals surface area contributed by atoms with Gasteiger partial charge in [-0.05, 0) is 35.7 Å². The number of aryl methyl sites for hydroxylation is 1. The molecule has 0 spiro atoms. The molecule has 3 aromatic rings. The molecule has 2 aliphatic carbocycles. The number of nitrogens with one attached hydrogen (secondary N) is 1. The molecule has 41 heavy (non-hydrogen) atoms. The van der Waals surface area contributed by atoms with Crippen molar-refractivity contribution in [2.24, 2.45) is 0 Å². The van der Waals surface area contributed by atoms with E-state index in [1.54, 1.807) is 0 Å². The molecule has 0 saturated heterocycles. The average Bonchev–Trinajstić information content (AvgIpc) is 2.92. The Labute approximate surface area is 230 Å². The van der Waals surface area contributed by atoms with Crippen molar-refractivity contribution in [2.75, 3.05) is 13.7 Å². The van der Waals surface area contributed by atoms with Gasteiger partial charge in [0.25, 0.3) is 5.91 Å². The molecule has 13 nitrogen and oxygen atoms in total. The zero-order chi connectivity index (χ0) is 30.1. The van der Waals surface area contributed by atoms with Gasteiger partial charge in [-0.25, -0.2) is 4.79 Å². The average molecular weight is 565 g/mol. The zero-order valence-electron chi connectivity index (χ0n) is 21.4. The lowest BCUT2D eigenvalue weighted by Crippen LogP contribution is -2.43. The van der Waals surface area contributed by atoms with Gasteiger partial charge in [0, 0.05) is 28.3 Å². The van der Waals surface area contributed by atoms with Crippen LogP contribution in [0.5, 0.6) is 23.0 Å². The number of phenolic OH excluding ortho intramolecular Hbond substituents is 3. The van der Waals surface area contributed by atoms with Crippen molar-refractivity contribution < 1.29 is 59.7 Å². The van der Waals surface area contributed by atoms with Gasteiger partial charge in [0.1, 0.15) is 35.2 Å². The fourth-order valence-electron chi connectivity index (χ4n) is 5.36. The summed E-state index contributed by atoms with van der Waals surface area (Å²) in [5.41, 5.74) is -3.02. The molecule has 0 fully saturated rings. The van der Waals surface area contributed by atoms with E-state index < -0.39 is 76.7 Å². The highest BCUT2D eigenvalue weighted by molar-refractivity contribution is 6.31. The smallest absolute Gasteiger partial charge is 0.328 e. The second kappa shape index (κ2) is 9.59. The number of hydrogen-bond acceptors (Lipinski definition) is 11. The van der Waals surface area contributed by atoms with Crippen LogP contribution in [0.2, 0.25) is 0 Å². The van der Waals surface area contributed by atoms with Crippen molar-refractivity contribution in [3.8, 4) is 34.1 Å². The number of aliphatic hydroxyl groups is 3.